The molecule has 0 saturated heterocycles. The molecule has 0 saturated carbocycles. The summed E-state index contributed by atoms with van der Waals surface area (Å²) < 4.78 is 1.62. The van der Waals surface area contributed by atoms with Crippen LogP contribution in [-0.2, 0) is 12.0 Å². The Morgan fingerprint density at radius 2 is 1.96 bits per heavy atom. The van der Waals surface area contributed by atoms with Crippen molar-refractivity contribution in [2.75, 3.05) is 6.61 Å². The molecule has 2 rings (SSSR count). The predicted molar refractivity (Wildman–Crippen MR) is 85.2 cm³/mol. The molecule has 1 amide bonds. The zero-order valence-corrected chi connectivity index (χ0v) is 13.5. The van der Waals surface area contributed by atoms with E-state index in [1.165, 1.54) is 6.33 Å². The summed E-state index contributed by atoms with van der Waals surface area (Å²) in [7, 11) is 0. The largest absolute Gasteiger partial charge is 0.508 e. The Balaban J connectivity index is 2.02. The van der Waals surface area contributed by atoms with Crippen LogP contribution in [0.4, 0.5) is 0 Å². The van der Waals surface area contributed by atoms with Gasteiger partial charge in [0.2, 0.25) is 5.82 Å². The molecular formula is C16H22N4O3. The van der Waals surface area contributed by atoms with Crippen molar-refractivity contribution in [2.24, 2.45) is 0 Å². The van der Waals surface area contributed by atoms with Crippen LogP contribution in [0, 0.1) is 0 Å². The second-order valence-corrected chi connectivity index (χ2v) is 6.41. The third kappa shape index (κ3) is 4.53. The van der Waals surface area contributed by atoms with Gasteiger partial charge in [-0.3, -0.25) is 4.79 Å². The Morgan fingerprint density at radius 3 is 2.48 bits per heavy atom. The zero-order chi connectivity index (χ0) is 17.0. The third-order valence-corrected chi connectivity index (χ3v) is 3.36. The number of aromatic nitrogens is 3. The van der Waals surface area contributed by atoms with E-state index in [1.807, 2.05) is 20.8 Å². The molecular weight excluding hydrogens is 296 g/mol. The van der Waals surface area contributed by atoms with Gasteiger partial charge in [-0.1, -0.05) is 12.1 Å². The second-order valence-electron chi connectivity index (χ2n) is 6.41. The number of aliphatic hydroxyl groups excluding tert-OH is 1. The van der Waals surface area contributed by atoms with E-state index in [9.17, 15) is 15.0 Å². The van der Waals surface area contributed by atoms with Gasteiger partial charge >= 0.3 is 0 Å². The highest BCUT2D eigenvalue weighted by atomic mass is 16.3. The summed E-state index contributed by atoms with van der Waals surface area (Å²) in [6.45, 7) is 5.69. The fourth-order valence-corrected chi connectivity index (χ4v) is 2.02. The number of hydrogen-bond donors (Lipinski definition) is 3. The molecule has 0 spiro atoms. The van der Waals surface area contributed by atoms with E-state index in [4.69, 9.17) is 0 Å². The van der Waals surface area contributed by atoms with E-state index in [0.29, 0.717) is 6.42 Å². The lowest BCUT2D eigenvalue weighted by Crippen LogP contribution is -2.39. The summed E-state index contributed by atoms with van der Waals surface area (Å²) in [5.74, 6) is -0.176. The lowest BCUT2D eigenvalue weighted by Gasteiger charge is -2.18. The molecule has 0 aliphatic carbocycles. The number of carbonyl (C=O) groups is 1. The van der Waals surface area contributed by atoms with Crippen LogP contribution in [0.15, 0.2) is 30.6 Å². The van der Waals surface area contributed by atoms with Crippen LogP contribution >= 0.6 is 0 Å². The number of benzene rings is 1. The Morgan fingerprint density at radius 1 is 1.30 bits per heavy atom. The number of carbonyl (C=O) groups excluding carboxylic acids is 1. The van der Waals surface area contributed by atoms with Crippen molar-refractivity contribution in [1.29, 1.82) is 0 Å². The highest BCUT2D eigenvalue weighted by molar-refractivity contribution is 5.90. The molecule has 2 aromatic rings. The number of nitrogens with zero attached hydrogens (tertiary/aromatic N) is 3. The number of phenols is 1. The number of aromatic hydroxyl groups is 1. The topological polar surface area (TPSA) is 100 Å². The van der Waals surface area contributed by atoms with Crippen LogP contribution in [-0.4, -0.2) is 43.5 Å². The number of aliphatic hydroxyl groups is 1. The highest BCUT2D eigenvalue weighted by Crippen LogP contribution is 2.12. The second kappa shape index (κ2) is 6.78. The highest BCUT2D eigenvalue weighted by Gasteiger charge is 2.20. The fourth-order valence-electron chi connectivity index (χ4n) is 2.02. The normalized spacial score (nSPS) is 12.9. The van der Waals surface area contributed by atoms with E-state index >= 15 is 0 Å². The maximum atomic E-state index is 12.2. The van der Waals surface area contributed by atoms with Crippen molar-refractivity contribution in [3.05, 3.63) is 42.0 Å². The molecule has 0 unspecified atom stereocenters. The molecule has 1 aromatic heterocycles. The standard InChI is InChI=1S/C16H22N4O3/c1-16(2,3)20-10-17-14(19-20)15(23)18-12(9-21)8-11-4-6-13(22)7-5-11/h4-7,10,12,21-22H,8-9H2,1-3H3,(H,18,23)/t12-/m0/s1. The first-order valence-electron chi connectivity index (χ1n) is 7.41. The fraction of sp³-hybridized carbons (Fsp3) is 0.438. The van der Waals surface area contributed by atoms with Gasteiger partial charge < -0.3 is 15.5 Å². The van der Waals surface area contributed by atoms with Crippen molar-refractivity contribution in [3.8, 4) is 5.75 Å². The molecule has 0 fully saturated rings. The summed E-state index contributed by atoms with van der Waals surface area (Å²) in [5.41, 5.74) is 0.642. The van der Waals surface area contributed by atoms with Gasteiger partial charge in [0.25, 0.3) is 5.91 Å². The van der Waals surface area contributed by atoms with Crippen molar-refractivity contribution in [2.45, 2.75) is 38.8 Å². The molecule has 7 nitrogen and oxygen atoms in total. The minimum absolute atomic E-state index is 0.0732. The summed E-state index contributed by atoms with van der Waals surface area (Å²) in [5, 5.41) is 25.6. The summed E-state index contributed by atoms with van der Waals surface area (Å²) in [4.78, 5) is 16.2. The number of phenolic OH excluding ortho intramolecular Hbond substituents is 1. The van der Waals surface area contributed by atoms with Gasteiger partial charge in [-0.2, -0.15) is 0 Å². The van der Waals surface area contributed by atoms with Crippen LogP contribution in [0.5, 0.6) is 5.75 Å². The maximum absolute atomic E-state index is 12.2. The van der Waals surface area contributed by atoms with E-state index < -0.39 is 11.9 Å². The van der Waals surface area contributed by atoms with Gasteiger partial charge in [-0.15, -0.1) is 5.10 Å². The van der Waals surface area contributed by atoms with Crippen LogP contribution in [0.2, 0.25) is 0 Å². The first kappa shape index (κ1) is 17.0. The average molecular weight is 318 g/mol. The van der Waals surface area contributed by atoms with Gasteiger partial charge in [0.05, 0.1) is 18.2 Å². The summed E-state index contributed by atoms with van der Waals surface area (Å²) in [6, 6.07) is 6.18. The molecule has 1 atom stereocenters. The monoisotopic (exact) mass is 318 g/mol. The average Bonchev–Trinajstić information content (AvgIpc) is 2.99. The quantitative estimate of drug-likeness (QED) is 0.766. The van der Waals surface area contributed by atoms with Crippen LogP contribution < -0.4 is 5.32 Å². The molecule has 0 bridgehead atoms. The van der Waals surface area contributed by atoms with Gasteiger partial charge in [-0.25, -0.2) is 9.67 Å². The maximum Gasteiger partial charge on any atom is 0.291 e. The van der Waals surface area contributed by atoms with Crippen LogP contribution in [0.1, 0.15) is 37.0 Å². The predicted octanol–water partition coefficient (Wildman–Crippen LogP) is 1.07. The third-order valence-electron chi connectivity index (χ3n) is 3.36. The minimum Gasteiger partial charge on any atom is -0.508 e. The molecule has 0 aliphatic rings. The van der Waals surface area contributed by atoms with Gasteiger partial charge in [0.15, 0.2) is 0 Å². The van der Waals surface area contributed by atoms with Crippen LogP contribution in [0.3, 0.4) is 0 Å². The molecule has 3 N–H and O–H groups in total. The Kier molecular flexibility index (Phi) is 5.00. The smallest absolute Gasteiger partial charge is 0.291 e. The SMILES string of the molecule is CC(C)(C)n1cnc(C(=O)N[C@H](CO)Cc2ccc(O)cc2)n1. The van der Waals surface area contributed by atoms with Crippen LogP contribution in [0.25, 0.3) is 0 Å². The molecule has 124 valence electrons. The molecule has 0 radical (unpaired) electrons. The Labute approximate surface area is 135 Å². The summed E-state index contributed by atoms with van der Waals surface area (Å²) in [6.07, 6.45) is 1.96. The zero-order valence-electron chi connectivity index (χ0n) is 13.5. The number of rotatable bonds is 5. The van der Waals surface area contributed by atoms with Crippen molar-refractivity contribution >= 4 is 5.91 Å². The number of hydrogen-bond acceptors (Lipinski definition) is 5. The molecule has 7 heteroatoms. The van der Waals surface area contributed by atoms with E-state index in [-0.39, 0.29) is 23.7 Å². The van der Waals surface area contributed by atoms with Crippen molar-refractivity contribution in [1.82, 2.24) is 20.1 Å². The molecule has 1 heterocycles. The lowest BCUT2D eigenvalue weighted by atomic mass is 10.1. The molecule has 0 aliphatic heterocycles. The van der Waals surface area contributed by atoms with Crippen molar-refractivity contribution < 1.29 is 15.0 Å². The summed E-state index contributed by atoms with van der Waals surface area (Å²) >= 11 is 0. The van der Waals surface area contributed by atoms with Crippen molar-refractivity contribution in [3.63, 3.8) is 0 Å². The van der Waals surface area contributed by atoms with E-state index in [1.54, 1.807) is 28.9 Å². The van der Waals surface area contributed by atoms with E-state index in [0.717, 1.165) is 5.56 Å². The molecule has 1 aromatic carbocycles. The Bertz CT molecular complexity index is 659. The van der Waals surface area contributed by atoms with Gasteiger partial charge in [0, 0.05) is 0 Å². The Hall–Kier alpha value is -2.41. The van der Waals surface area contributed by atoms with Gasteiger partial charge in [-0.05, 0) is 44.9 Å². The molecule has 23 heavy (non-hydrogen) atoms. The van der Waals surface area contributed by atoms with E-state index in [2.05, 4.69) is 15.4 Å². The first-order chi connectivity index (χ1) is 10.8. The number of nitrogens with one attached hydrogen (secondary N) is 1. The lowest BCUT2D eigenvalue weighted by molar-refractivity contribution is 0.0905. The van der Waals surface area contributed by atoms with Gasteiger partial charge in [0.1, 0.15) is 12.1 Å². The number of amides is 1. The first-order valence-corrected chi connectivity index (χ1v) is 7.41. The minimum atomic E-state index is -0.450.